The summed E-state index contributed by atoms with van der Waals surface area (Å²) in [6.07, 6.45) is -1.51. The Balaban J connectivity index is 4.76. The lowest BCUT2D eigenvalue weighted by molar-refractivity contribution is -0.153. The van der Waals surface area contributed by atoms with Crippen LogP contribution in [0.5, 0.6) is 0 Å². The molecular weight excluding hydrogens is 247 g/mol. The molecule has 0 amide bonds. The molecule has 0 radical (unpaired) electrons. The highest BCUT2D eigenvalue weighted by Gasteiger charge is 2.40. The third kappa shape index (κ3) is 4.76. The second-order valence-corrected chi connectivity index (χ2v) is 5.72. The predicted molar refractivity (Wildman–Crippen MR) is 63.0 cm³/mol. The van der Waals surface area contributed by atoms with Crippen molar-refractivity contribution in [1.29, 1.82) is 0 Å². The van der Waals surface area contributed by atoms with Crippen molar-refractivity contribution in [2.45, 2.75) is 39.5 Å². The Morgan fingerprint density at radius 2 is 1.65 bits per heavy atom. The van der Waals surface area contributed by atoms with Gasteiger partial charge in [0.1, 0.15) is 0 Å². The summed E-state index contributed by atoms with van der Waals surface area (Å²) in [5.41, 5.74) is -0.957. The number of carbonyl (C=O) groups is 1. The molecule has 17 heavy (non-hydrogen) atoms. The molecule has 0 aromatic rings. The molecule has 0 saturated carbocycles. The van der Waals surface area contributed by atoms with Gasteiger partial charge < -0.3 is 18.9 Å². The predicted octanol–water partition coefficient (Wildman–Crippen LogP) is 1.56. The van der Waals surface area contributed by atoms with Crippen molar-refractivity contribution in [2.24, 2.45) is 0 Å². The maximum Gasteiger partial charge on any atom is 0.336 e. The average Bonchev–Trinajstić information content (AvgIpc) is 2.28. The van der Waals surface area contributed by atoms with Crippen LogP contribution in [0.2, 0.25) is 0 Å². The zero-order chi connectivity index (χ0) is 13.5. The van der Waals surface area contributed by atoms with Crippen molar-refractivity contribution in [1.82, 2.24) is 0 Å². The first kappa shape index (κ1) is 16.6. The summed E-state index contributed by atoms with van der Waals surface area (Å²) in [6.45, 7) is 6.89. The van der Waals surface area contributed by atoms with Crippen LogP contribution in [0.3, 0.4) is 0 Å². The van der Waals surface area contributed by atoms with Gasteiger partial charge in [0.15, 0.2) is 6.10 Å². The molecule has 0 saturated heterocycles. The van der Waals surface area contributed by atoms with Crippen molar-refractivity contribution in [2.75, 3.05) is 19.8 Å². The first-order valence-corrected chi connectivity index (χ1v) is 7.27. The minimum atomic E-state index is -3.49. The molecule has 0 aliphatic heterocycles. The van der Waals surface area contributed by atoms with Crippen LogP contribution in [0.1, 0.15) is 27.7 Å². The van der Waals surface area contributed by atoms with Crippen LogP contribution in [0.15, 0.2) is 0 Å². The zero-order valence-corrected chi connectivity index (χ0v) is 11.6. The molecule has 0 spiro atoms. The fraction of sp³-hybridized carbons (Fsp3) is 0.900. The number of carbonyl (C=O) groups excluding carboxylic acids is 1. The van der Waals surface area contributed by atoms with Crippen LogP contribution in [0.25, 0.3) is 0 Å². The molecule has 102 valence electrons. The first-order chi connectivity index (χ1) is 7.92. The lowest BCUT2D eigenvalue weighted by atomic mass is 10.3. The Hall–Kier alpha value is -0.420. The third-order valence-corrected chi connectivity index (χ3v) is 4.62. The highest BCUT2D eigenvalue weighted by Crippen LogP contribution is 2.54. The maximum absolute atomic E-state index is 12.3. The van der Waals surface area contributed by atoms with Crippen LogP contribution in [0, 0.1) is 0 Å². The van der Waals surface area contributed by atoms with E-state index in [0.717, 1.165) is 0 Å². The molecular formula is C10H21O6P. The summed E-state index contributed by atoms with van der Waals surface area (Å²) < 4.78 is 27.0. The van der Waals surface area contributed by atoms with Crippen molar-refractivity contribution >= 4 is 13.6 Å². The maximum atomic E-state index is 12.3. The Morgan fingerprint density at radius 3 is 2.00 bits per heavy atom. The summed E-state index contributed by atoms with van der Waals surface area (Å²) in [5, 5.41) is 9.70. The van der Waals surface area contributed by atoms with Crippen LogP contribution >= 0.6 is 7.60 Å². The molecule has 0 fully saturated rings. The number of hydrogen-bond donors (Lipinski definition) is 1. The van der Waals surface area contributed by atoms with Gasteiger partial charge in [-0.3, -0.25) is 4.57 Å². The summed E-state index contributed by atoms with van der Waals surface area (Å²) >= 11 is 0. The molecule has 0 rings (SSSR count). The second kappa shape index (κ2) is 7.82. The Bertz CT molecular complexity index is 270. The van der Waals surface area contributed by atoms with Crippen molar-refractivity contribution in [3.05, 3.63) is 0 Å². The molecule has 0 aromatic carbocycles. The van der Waals surface area contributed by atoms with Gasteiger partial charge in [0.05, 0.1) is 25.5 Å². The lowest BCUT2D eigenvalue weighted by Crippen LogP contribution is -2.34. The molecule has 7 heteroatoms. The third-order valence-electron chi connectivity index (χ3n) is 2.10. The fourth-order valence-electron chi connectivity index (χ4n) is 1.23. The number of ether oxygens (including phenoxy) is 1. The summed E-state index contributed by atoms with van der Waals surface area (Å²) in [4.78, 5) is 11.3. The summed E-state index contributed by atoms with van der Waals surface area (Å²) in [6, 6.07) is 0. The quantitative estimate of drug-likeness (QED) is 0.531. The van der Waals surface area contributed by atoms with E-state index < -0.39 is 25.3 Å². The van der Waals surface area contributed by atoms with E-state index in [-0.39, 0.29) is 19.8 Å². The molecule has 0 bridgehead atoms. The van der Waals surface area contributed by atoms with Gasteiger partial charge in [-0.1, -0.05) is 0 Å². The van der Waals surface area contributed by atoms with E-state index >= 15 is 0 Å². The minimum absolute atomic E-state index is 0.149. The van der Waals surface area contributed by atoms with Crippen molar-refractivity contribution in [3.63, 3.8) is 0 Å². The van der Waals surface area contributed by atoms with E-state index in [1.165, 1.54) is 6.92 Å². The molecule has 0 heterocycles. The van der Waals surface area contributed by atoms with Gasteiger partial charge in [-0.05, 0) is 27.7 Å². The largest absolute Gasteiger partial charge is 0.464 e. The smallest absolute Gasteiger partial charge is 0.336 e. The van der Waals surface area contributed by atoms with E-state index in [1.807, 2.05) is 0 Å². The normalized spacial score (nSPS) is 15.4. The van der Waals surface area contributed by atoms with Gasteiger partial charge in [-0.15, -0.1) is 0 Å². The molecule has 1 N–H and O–H groups in total. The molecule has 0 aliphatic carbocycles. The van der Waals surface area contributed by atoms with Gasteiger partial charge in [-0.2, -0.15) is 0 Å². The van der Waals surface area contributed by atoms with E-state index in [0.29, 0.717) is 0 Å². The molecule has 2 atom stereocenters. The number of aliphatic hydroxyl groups is 1. The molecule has 2 unspecified atom stereocenters. The fourth-order valence-corrected chi connectivity index (χ4v) is 2.96. The SMILES string of the molecule is CCOC(=O)C(O)C(C)P(=O)(OCC)OCC. The molecule has 0 aromatic heterocycles. The van der Waals surface area contributed by atoms with Crippen LogP contribution in [-0.4, -0.2) is 42.7 Å². The highest BCUT2D eigenvalue weighted by atomic mass is 31.2. The van der Waals surface area contributed by atoms with Crippen molar-refractivity contribution < 1.29 is 28.3 Å². The standard InChI is InChI=1S/C10H21O6P/c1-5-14-10(12)9(11)8(4)17(13,15-6-2)16-7-3/h8-9,11H,5-7H2,1-4H3. The molecule has 0 aliphatic rings. The number of hydrogen-bond acceptors (Lipinski definition) is 6. The number of esters is 1. The Labute approximate surface area is 102 Å². The minimum Gasteiger partial charge on any atom is -0.464 e. The zero-order valence-electron chi connectivity index (χ0n) is 10.7. The second-order valence-electron chi connectivity index (χ2n) is 3.31. The summed E-state index contributed by atoms with van der Waals surface area (Å²) in [7, 11) is -3.49. The Morgan fingerprint density at radius 1 is 1.18 bits per heavy atom. The number of aliphatic hydroxyl groups excluding tert-OH is 1. The van der Waals surface area contributed by atoms with E-state index in [2.05, 4.69) is 4.74 Å². The van der Waals surface area contributed by atoms with E-state index in [4.69, 9.17) is 9.05 Å². The van der Waals surface area contributed by atoms with Crippen molar-refractivity contribution in [3.8, 4) is 0 Å². The molecule has 6 nitrogen and oxygen atoms in total. The topological polar surface area (TPSA) is 82.1 Å². The highest BCUT2D eigenvalue weighted by molar-refractivity contribution is 7.54. The monoisotopic (exact) mass is 268 g/mol. The van der Waals surface area contributed by atoms with Gasteiger partial charge in [0.25, 0.3) is 0 Å². The first-order valence-electron chi connectivity index (χ1n) is 5.66. The summed E-state index contributed by atoms with van der Waals surface area (Å²) in [5.74, 6) is -0.820. The van der Waals surface area contributed by atoms with Crippen LogP contribution < -0.4 is 0 Å². The van der Waals surface area contributed by atoms with Crippen LogP contribution in [0.4, 0.5) is 0 Å². The van der Waals surface area contributed by atoms with Gasteiger partial charge in [0, 0.05) is 0 Å². The van der Waals surface area contributed by atoms with Crippen LogP contribution in [-0.2, 0) is 23.1 Å². The van der Waals surface area contributed by atoms with E-state index in [1.54, 1.807) is 20.8 Å². The van der Waals surface area contributed by atoms with E-state index in [9.17, 15) is 14.5 Å². The van der Waals surface area contributed by atoms with Gasteiger partial charge >= 0.3 is 13.6 Å². The van der Waals surface area contributed by atoms with Gasteiger partial charge in [0.2, 0.25) is 0 Å². The number of rotatable bonds is 8. The van der Waals surface area contributed by atoms with Gasteiger partial charge in [-0.25, -0.2) is 4.79 Å². The lowest BCUT2D eigenvalue weighted by Gasteiger charge is -2.25. The Kier molecular flexibility index (Phi) is 7.63. The average molecular weight is 268 g/mol.